The average molecular weight is 293 g/mol. The molecule has 1 aromatic rings. The Morgan fingerprint density at radius 2 is 2.00 bits per heavy atom. The second-order valence-corrected chi connectivity index (χ2v) is 6.17. The van der Waals surface area contributed by atoms with Crippen molar-refractivity contribution >= 4 is 0 Å². The highest BCUT2D eigenvalue weighted by atomic mass is 19.1. The molecule has 2 atom stereocenters. The third-order valence-electron chi connectivity index (χ3n) is 4.18. The molecule has 2 rings (SSSR count). The molecule has 0 spiro atoms. The predicted octanol–water partition coefficient (Wildman–Crippen LogP) is 4.30. The van der Waals surface area contributed by atoms with Crippen LogP contribution < -0.4 is 5.32 Å². The van der Waals surface area contributed by atoms with Crippen molar-refractivity contribution in [2.75, 3.05) is 13.2 Å². The van der Waals surface area contributed by atoms with Crippen LogP contribution in [0.2, 0.25) is 0 Å². The summed E-state index contributed by atoms with van der Waals surface area (Å²) in [6.45, 7) is 9.66. The molecule has 21 heavy (non-hydrogen) atoms. The lowest BCUT2D eigenvalue weighted by Gasteiger charge is -2.30. The Balaban J connectivity index is 2.34. The molecule has 3 heteroatoms. The number of hydrogen-bond acceptors (Lipinski definition) is 2. The number of hydrogen-bond donors (Lipinski definition) is 1. The first kappa shape index (κ1) is 16.4. The summed E-state index contributed by atoms with van der Waals surface area (Å²) >= 11 is 0. The van der Waals surface area contributed by atoms with Gasteiger partial charge in [-0.15, -0.1) is 0 Å². The number of halogens is 1. The summed E-state index contributed by atoms with van der Waals surface area (Å²) in [5.74, 6) is 0.464. The molecule has 1 aromatic carbocycles. The standard InChI is InChI=1S/C18H28FNO/c1-5-9-20-17(18(21-6-2)14-7-8-14)16-13(4)10-12(3)11-15(16)19/h10-11,14,17-18,20H,5-9H2,1-4H3. The van der Waals surface area contributed by atoms with E-state index in [1.165, 1.54) is 12.8 Å². The van der Waals surface area contributed by atoms with Gasteiger partial charge >= 0.3 is 0 Å². The minimum Gasteiger partial charge on any atom is -0.376 e. The van der Waals surface area contributed by atoms with E-state index in [2.05, 4.69) is 18.3 Å². The van der Waals surface area contributed by atoms with Crippen LogP contribution in [0, 0.1) is 25.6 Å². The van der Waals surface area contributed by atoms with Crippen molar-refractivity contribution in [3.05, 3.63) is 34.6 Å². The predicted molar refractivity (Wildman–Crippen MR) is 85.0 cm³/mol. The van der Waals surface area contributed by atoms with Crippen LogP contribution >= 0.6 is 0 Å². The van der Waals surface area contributed by atoms with Crippen LogP contribution in [0.3, 0.4) is 0 Å². The van der Waals surface area contributed by atoms with E-state index in [0.717, 1.165) is 29.7 Å². The molecule has 0 amide bonds. The third-order valence-corrected chi connectivity index (χ3v) is 4.18. The van der Waals surface area contributed by atoms with Gasteiger partial charge in [0, 0.05) is 12.2 Å². The maximum Gasteiger partial charge on any atom is 0.128 e. The molecule has 0 bridgehead atoms. The molecule has 0 aliphatic heterocycles. The molecule has 0 radical (unpaired) electrons. The highest BCUT2D eigenvalue weighted by Crippen LogP contribution is 2.41. The fraction of sp³-hybridized carbons (Fsp3) is 0.667. The Bertz CT molecular complexity index is 447. The maximum atomic E-state index is 14.6. The Labute approximate surface area is 128 Å². The number of ether oxygens (including phenoxy) is 1. The molecule has 1 aliphatic rings. The Morgan fingerprint density at radius 1 is 1.29 bits per heavy atom. The van der Waals surface area contributed by atoms with Gasteiger partial charge in [0.2, 0.25) is 0 Å². The molecule has 0 aromatic heterocycles. The number of aryl methyl sites for hydroxylation is 2. The number of benzene rings is 1. The van der Waals surface area contributed by atoms with E-state index in [9.17, 15) is 4.39 Å². The SMILES string of the molecule is CCCNC(c1c(C)cc(C)cc1F)C(OCC)C1CC1. The highest BCUT2D eigenvalue weighted by molar-refractivity contribution is 5.35. The van der Waals surface area contributed by atoms with E-state index in [4.69, 9.17) is 4.74 Å². The van der Waals surface area contributed by atoms with Gasteiger partial charge in [-0.3, -0.25) is 0 Å². The minimum absolute atomic E-state index is 0.0435. The first-order valence-corrected chi connectivity index (χ1v) is 8.20. The van der Waals surface area contributed by atoms with Crippen LogP contribution in [0.1, 0.15) is 55.8 Å². The van der Waals surface area contributed by atoms with Crippen molar-refractivity contribution in [2.45, 2.75) is 59.1 Å². The van der Waals surface area contributed by atoms with Crippen LogP contribution in [-0.2, 0) is 4.74 Å². The molecule has 1 aliphatic carbocycles. The average Bonchev–Trinajstić information content (AvgIpc) is 3.23. The van der Waals surface area contributed by atoms with E-state index in [0.29, 0.717) is 12.5 Å². The van der Waals surface area contributed by atoms with Crippen LogP contribution in [0.15, 0.2) is 12.1 Å². The lowest BCUT2D eigenvalue weighted by molar-refractivity contribution is 0.0175. The summed E-state index contributed by atoms with van der Waals surface area (Å²) in [5, 5.41) is 3.53. The zero-order valence-electron chi connectivity index (χ0n) is 13.7. The van der Waals surface area contributed by atoms with Gasteiger partial charge in [-0.05, 0) is 69.7 Å². The van der Waals surface area contributed by atoms with Crippen molar-refractivity contribution in [1.29, 1.82) is 0 Å². The van der Waals surface area contributed by atoms with Gasteiger partial charge in [0.25, 0.3) is 0 Å². The van der Waals surface area contributed by atoms with Crippen molar-refractivity contribution in [1.82, 2.24) is 5.32 Å². The van der Waals surface area contributed by atoms with Gasteiger partial charge < -0.3 is 10.1 Å². The molecule has 1 N–H and O–H groups in total. The van der Waals surface area contributed by atoms with Crippen molar-refractivity contribution in [3.8, 4) is 0 Å². The van der Waals surface area contributed by atoms with E-state index in [-0.39, 0.29) is 18.0 Å². The van der Waals surface area contributed by atoms with Gasteiger partial charge in [-0.25, -0.2) is 4.39 Å². The van der Waals surface area contributed by atoms with Crippen molar-refractivity contribution in [2.24, 2.45) is 5.92 Å². The smallest absolute Gasteiger partial charge is 0.128 e. The van der Waals surface area contributed by atoms with Crippen molar-refractivity contribution < 1.29 is 9.13 Å². The molecule has 0 heterocycles. The fourth-order valence-electron chi connectivity index (χ4n) is 3.12. The summed E-state index contributed by atoms with van der Waals surface area (Å²) in [7, 11) is 0. The second-order valence-electron chi connectivity index (χ2n) is 6.17. The first-order valence-electron chi connectivity index (χ1n) is 8.20. The topological polar surface area (TPSA) is 21.3 Å². The molecule has 2 unspecified atom stereocenters. The summed E-state index contributed by atoms with van der Waals surface area (Å²) in [6.07, 6.45) is 3.51. The lowest BCUT2D eigenvalue weighted by Crippen LogP contribution is -2.37. The number of nitrogens with one attached hydrogen (secondary N) is 1. The lowest BCUT2D eigenvalue weighted by atomic mass is 9.92. The minimum atomic E-state index is -0.105. The van der Waals surface area contributed by atoms with Gasteiger partial charge in [0.15, 0.2) is 0 Å². The van der Waals surface area contributed by atoms with Gasteiger partial charge in [-0.2, -0.15) is 0 Å². The van der Waals surface area contributed by atoms with Crippen LogP contribution in [0.4, 0.5) is 4.39 Å². The molecule has 1 fully saturated rings. The van der Waals surface area contributed by atoms with Gasteiger partial charge in [0.1, 0.15) is 5.82 Å². The van der Waals surface area contributed by atoms with E-state index >= 15 is 0 Å². The van der Waals surface area contributed by atoms with Crippen LogP contribution in [0.5, 0.6) is 0 Å². The van der Waals surface area contributed by atoms with E-state index in [1.54, 1.807) is 6.07 Å². The van der Waals surface area contributed by atoms with Crippen LogP contribution in [-0.4, -0.2) is 19.3 Å². The van der Waals surface area contributed by atoms with Gasteiger partial charge in [0.05, 0.1) is 12.1 Å². The zero-order valence-corrected chi connectivity index (χ0v) is 13.7. The molecule has 118 valence electrons. The summed E-state index contributed by atoms with van der Waals surface area (Å²) in [4.78, 5) is 0. The molecule has 0 saturated heterocycles. The highest BCUT2D eigenvalue weighted by Gasteiger charge is 2.39. The fourth-order valence-corrected chi connectivity index (χ4v) is 3.12. The monoisotopic (exact) mass is 293 g/mol. The molecule has 1 saturated carbocycles. The molecular weight excluding hydrogens is 265 g/mol. The third kappa shape index (κ3) is 4.04. The summed E-state index contributed by atoms with van der Waals surface area (Å²) in [5.41, 5.74) is 2.79. The quantitative estimate of drug-likeness (QED) is 0.771. The van der Waals surface area contributed by atoms with Crippen LogP contribution in [0.25, 0.3) is 0 Å². The zero-order chi connectivity index (χ0) is 15.4. The van der Waals surface area contributed by atoms with Gasteiger partial charge in [-0.1, -0.05) is 13.0 Å². The first-order chi connectivity index (χ1) is 10.1. The Morgan fingerprint density at radius 3 is 2.52 bits per heavy atom. The Kier molecular flexibility index (Phi) is 5.77. The Hall–Kier alpha value is -0.930. The largest absolute Gasteiger partial charge is 0.376 e. The van der Waals surface area contributed by atoms with E-state index < -0.39 is 0 Å². The second kappa shape index (κ2) is 7.37. The maximum absolute atomic E-state index is 14.6. The summed E-state index contributed by atoms with van der Waals surface area (Å²) in [6, 6.07) is 3.66. The van der Waals surface area contributed by atoms with Crippen molar-refractivity contribution in [3.63, 3.8) is 0 Å². The normalized spacial score (nSPS) is 17.8. The number of rotatable bonds is 8. The summed E-state index contributed by atoms with van der Waals surface area (Å²) < 4.78 is 20.6. The molecule has 2 nitrogen and oxygen atoms in total. The van der Waals surface area contributed by atoms with E-state index in [1.807, 2.05) is 20.8 Å². The molecular formula is C18H28FNO.